The topological polar surface area (TPSA) is 102 Å². The number of carbonyl (C=O) groups excluding carboxylic acids is 2. The largest absolute Gasteiger partial charge is 0.493 e. The third-order valence-electron chi connectivity index (χ3n) is 6.95. The fourth-order valence-corrected chi connectivity index (χ4v) is 5.97. The van der Waals surface area contributed by atoms with Crippen LogP contribution in [-0.4, -0.2) is 55.2 Å². The number of hydrogen-bond acceptors (Lipinski definition) is 6. The predicted molar refractivity (Wildman–Crippen MR) is 101 cm³/mol. The number of amides is 1. The summed E-state index contributed by atoms with van der Waals surface area (Å²) in [4.78, 5) is 39.4. The number of benzene rings is 1. The van der Waals surface area contributed by atoms with Gasteiger partial charge in [0.25, 0.3) is 0 Å². The van der Waals surface area contributed by atoms with Crippen LogP contribution in [0.2, 0.25) is 0 Å². The number of carbonyl (C=O) groups is 3. The molecule has 2 fully saturated rings. The first-order valence-corrected chi connectivity index (χ1v) is 9.68. The minimum atomic E-state index is -0.906. The Morgan fingerprint density at radius 3 is 2.38 bits per heavy atom. The zero-order valence-corrected chi connectivity index (χ0v) is 16.9. The second-order valence-corrected chi connectivity index (χ2v) is 8.15. The van der Waals surface area contributed by atoms with E-state index in [0.717, 1.165) is 11.1 Å². The van der Waals surface area contributed by atoms with Crippen LogP contribution in [0.5, 0.6) is 11.5 Å². The van der Waals surface area contributed by atoms with E-state index in [1.54, 1.807) is 4.90 Å². The number of aliphatic carboxylic acids is 1. The maximum atomic E-state index is 13.1. The van der Waals surface area contributed by atoms with Gasteiger partial charge in [-0.1, -0.05) is 6.92 Å². The summed E-state index contributed by atoms with van der Waals surface area (Å²) >= 11 is 0. The molecule has 156 valence electrons. The van der Waals surface area contributed by atoms with Gasteiger partial charge >= 0.3 is 11.9 Å². The first-order chi connectivity index (χ1) is 13.8. The number of hydrogen-bond donors (Lipinski definition) is 1. The monoisotopic (exact) mass is 403 g/mol. The van der Waals surface area contributed by atoms with Gasteiger partial charge in [-0.3, -0.25) is 9.59 Å². The van der Waals surface area contributed by atoms with Crippen molar-refractivity contribution in [2.45, 2.75) is 37.8 Å². The molecule has 1 unspecified atom stereocenters. The number of nitrogens with zero attached hydrogens (tertiary/aromatic N) is 1. The molecule has 0 aromatic heterocycles. The molecule has 3 aliphatic rings. The summed E-state index contributed by atoms with van der Waals surface area (Å²) < 4.78 is 15.9. The molecule has 1 aromatic carbocycles. The predicted octanol–water partition coefficient (Wildman–Crippen LogP) is 1.59. The van der Waals surface area contributed by atoms with Crippen LogP contribution >= 0.6 is 0 Å². The first kappa shape index (κ1) is 19.5. The van der Waals surface area contributed by atoms with Gasteiger partial charge in [-0.15, -0.1) is 0 Å². The highest BCUT2D eigenvalue weighted by Crippen LogP contribution is 2.62. The van der Waals surface area contributed by atoms with Gasteiger partial charge in [0.15, 0.2) is 11.5 Å². The van der Waals surface area contributed by atoms with Crippen LogP contribution in [0.25, 0.3) is 0 Å². The number of carboxylic acid groups (broad SMARTS) is 1. The maximum absolute atomic E-state index is 13.1. The van der Waals surface area contributed by atoms with Crippen LogP contribution in [0.15, 0.2) is 12.1 Å². The molecule has 0 bridgehead atoms. The van der Waals surface area contributed by atoms with Crippen molar-refractivity contribution in [3.05, 3.63) is 23.3 Å². The van der Waals surface area contributed by atoms with Crippen LogP contribution < -0.4 is 9.47 Å². The lowest BCUT2D eigenvalue weighted by Crippen LogP contribution is -2.58. The number of rotatable bonds is 4. The second-order valence-electron chi connectivity index (χ2n) is 8.15. The molecular weight excluding hydrogens is 378 g/mol. The van der Waals surface area contributed by atoms with Gasteiger partial charge in [0.1, 0.15) is 6.04 Å². The summed E-state index contributed by atoms with van der Waals surface area (Å²) in [6.45, 7) is 1.90. The molecule has 1 saturated carbocycles. The van der Waals surface area contributed by atoms with Gasteiger partial charge in [-0.25, -0.2) is 4.79 Å². The SMILES string of the molecule is COC(=O)C1Cc2cc(OC)c(OC)cc2[C@@]23C[C@H](C)[C@@H](C(=O)O)[C@@H]2CC(=O)N13. The van der Waals surface area contributed by atoms with E-state index < -0.39 is 35.4 Å². The first-order valence-electron chi connectivity index (χ1n) is 9.68. The zero-order valence-electron chi connectivity index (χ0n) is 16.9. The normalized spacial score (nSPS) is 32.3. The Kier molecular flexibility index (Phi) is 4.47. The standard InChI is InChI=1S/C21H25NO7/c1-10-9-21-12-7-16(28-3)15(27-2)6-11(12)5-14(20(26)29-4)22(21)17(23)8-13(21)18(10)19(24)25/h6-7,10,13-14,18H,5,8-9H2,1-4H3,(H,24,25)/t10-,13-,14?,18+,21-/m0/s1. The quantitative estimate of drug-likeness (QED) is 0.762. The number of carboxylic acids is 1. The fourth-order valence-electron chi connectivity index (χ4n) is 5.97. The van der Waals surface area contributed by atoms with Crippen LogP contribution in [0.3, 0.4) is 0 Å². The van der Waals surface area contributed by atoms with Gasteiger partial charge < -0.3 is 24.2 Å². The molecule has 8 nitrogen and oxygen atoms in total. The summed E-state index contributed by atoms with van der Waals surface area (Å²) in [5.41, 5.74) is 0.833. The van der Waals surface area contributed by atoms with Gasteiger partial charge in [0, 0.05) is 18.8 Å². The van der Waals surface area contributed by atoms with Gasteiger partial charge in [-0.2, -0.15) is 0 Å². The summed E-state index contributed by atoms with van der Waals surface area (Å²) in [5.74, 6) is -1.80. The Morgan fingerprint density at radius 1 is 1.14 bits per heavy atom. The lowest BCUT2D eigenvalue weighted by atomic mass is 9.72. The molecule has 2 heterocycles. The molecule has 5 atom stereocenters. The van der Waals surface area contributed by atoms with Crippen molar-refractivity contribution in [1.82, 2.24) is 4.90 Å². The molecule has 29 heavy (non-hydrogen) atoms. The summed E-state index contributed by atoms with van der Waals surface area (Å²) in [5, 5.41) is 9.89. The van der Waals surface area contributed by atoms with E-state index in [-0.39, 0.29) is 24.7 Å². The Morgan fingerprint density at radius 2 is 1.79 bits per heavy atom. The average molecular weight is 403 g/mol. The lowest BCUT2D eigenvalue weighted by Gasteiger charge is -2.48. The van der Waals surface area contributed by atoms with E-state index in [1.165, 1.54) is 21.3 Å². The van der Waals surface area contributed by atoms with Crippen molar-refractivity contribution < 1.29 is 33.7 Å². The summed E-state index contributed by atoms with van der Waals surface area (Å²) in [7, 11) is 4.37. The summed E-state index contributed by atoms with van der Waals surface area (Å²) in [6, 6.07) is 2.88. The molecule has 2 aliphatic heterocycles. The van der Waals surface area contributed by atoms with Crippen molar-refractivity contribution in [1.29, 1.82) is 0 Å². The molecule has 1 aliphatic carbocycles. The second kappa shape index (κ2) is 6.64. The smallest absolute Gasteiger partial charge is 0.328 e. The highest BCUT2D eigenvalue weighted by molar-refractivity contribution is 5.90. The Balaban J connectivity index is 1.99. The molecule has 1 aromatic rings. The number of methoxy groups -OCH3 is 3. The molecule has 0 radical (unpaired) electrons. The van der Waals surface area contributed by atoms with Crippen molar-refractivity contribution in [2.75, 3.05) is 21.3 Å². The highest BCUT2D eigenvalue weighted by Gasteiger charge is 2.67. The third-order valence-corrected chi connectivity index (χ3v) is 6.95. The molecule has 1 saturated heterocycles. The highest BCUT2D eigenvalue weighted by atomic mass is 16.5. The molecule has 1 amide bonds. The van der Waals surface area contributed by atoms with Crippen LogP contribution in [0.1, 0.15) is 30.9 Å². The Labute approximate surface area is 168 Å². The molecule has 8 heteroatoms. The van der Waals surface area contributed by atoms with Crippen LogP contribution in [0, 0.1) is 17.8 Å². The van der Waals surface area contributed by atoms with Gasteiger partial charge in [0.2, 0.25) is 5.91 Å². The van der Waals surface area contributed by atoms with Crippen LogP contribution in [0.4, 0.5) is 0 Å². The van der Waals surface area contributed by atoms with E-state index in [0.29, 0.717) is 17.9 Å². The van der Waals surface area contributed by atoms with E-state index in [9.17, 15) is 19.5 Å². The summed E-state index contributed by atoms with van der Waals surface area (Å²) in [6.07, 6.45) is 0.855. The molecule has 1 N–H and O–H groups in total. The van der Waals surface area contributed by atoms with E-state index >= 15 is 0 Å². The van der Waals surface area contributed by atoms with E-state index in [2.05, 4.69) is 0 Å². The molecule has 1 spiro atoms. The third kappa shape index (κ3) is 2.47. The minimum Gasteiger partial charge on any atom is -0.493 e. The number of ether oxygens (including phenoxy) is 3. The molecule has 4 rings (SSSR count). The zero-order chi connectivity index (χ0) is 21.1. The van der Waals surface area contributed by atoms with Crippen LogP contribution in [-0.2, 0) is 31.1 Å². The molecular formula is C21H25NO7. The number of esters is 1. The lowest BCUT2D eigenvalue weighted by molar-refractivity contribution is -0.157. The van der Waals surface area contributed by atoms with E-state index in [1.807, 2.05) is 19.1 Å². The Hall–Kier alpha value is -2.77. The average Bonchev–Trinajstić information content (AvgIpc) is 3.13. The van der Waals surface area contributed by atoms with Crippen molar-refractivity contribution >= 4 is 17.8 Å². The fraction of sp³-hybridized carbons (Fsp3) is 0.571. The van der Waals surface area contributed by atoms with Crippen molar-refractivity contribution in [2.24, 2.45) is 17.8 Å². The maximum Gasteiger partial charge on any atom is 0.328 e. The van der Waals surface area contributed by atoms with E-state index in [4.69, 9.17) is 14.2 Å². The van der Waals surface area contributed by atoms with Crippen molar-refractivity contribution in [3.8, 4) is 11.5 Å². The van der Waals surface area contributed by atoms with Crippen molar-refractivity contribution in [3.63, 3.8) is 0 Å². The van der Waals surface area contributed by atoms with Gasteiger partial charge in [-0.05, 0) is 35.6 Å². The van der Waals surface area contributed by atoms with Gasteiger partial charge in [0.05, 0.1) is 32.8 Å². The number of fused-ring (bicyclic) bond motifs is 1. The minimum absolute atomic E-state index is 0.0998. The Bertz CT molecular complexity index is 897.